The molecule has 0 saturated carbocycles. The van der Waals surface area contributed by atoms with Crippen LogP contribution in [0.5, 0.6) is 0 Å². The van der Waals surface area contributed by atoms with Crippen molar-refractivity contribution in [2.24, 2.45) is 0 Å². The van der Waals surface area contributed by atoms with Crippen molar-refractivity contribution in [3.8, 4) is 0 Å². The summed E-state index contributed by atoms with van der Waals surface area (Å²) >= 11 is 0. The normalized spacial score (nSPS) is 11.1. The number of benzene rings is 2. The third-order valence-corrected chi connectivity index (χ3v) is 4.10. The maximum atomic E-state index is 5.93. The first-order chi connectivity index (χ1) is 9.31. The van der Waals surface area contributed by atoms with Crippen molar-refractivity contribution in [3.05, 3.63) is 57.6 Å². The van der Waals surface area contributed by atoms with Crippen molar-refractivity contribution < 1.29 is 0 Å². The van der Waals surface area contributed by atoms with Crippen LogP contribution in [0.25, 0.3) is 0 Å². The number of aryl methyl sites for hydroxylation is 4. The highest BCUT2D eigenvalue weighted by Crippen LogP contribution is 2.35. The summed E-state index contributed by atoms with van der Waals surface area (Å²) in [5.41, 5.74) is 21.3. The van der Waals surface area contributed by atoms with Gasteiger partial charge >= 0.3 is 0 Å². The second-order valence-corrected chi connectivity index (χ2v) is 5.86. The Balaban J connectivity index is 2.61. The van der Waals surface area contributed by atoms with Crippen LogP contribution in [0.2, 0.25) is 0 Å². The molecule has 2 aromatic rings. The molecule has 0 unspecified atom stereocenters. The molecule has 0 spiro atoms. The summed E-state index contributed by atoms with van der Waals surface area (Å²) in [5, 5.41) is 0. The summed E-state index contributed by atoms with van der Waals surface area (Å²) in [7, 11) is 0. The van der Waals surface area contributed by atoms with Gasteiger partial charge in [-0.1, -0.05) is 6.92 Å². The van der Waals surface area contributed by atoms with Gasteiger partial charge in [-0.05, 0) is 85.3 Å². The molecule has 0 aromatic heterocycles. The van der Waals surface area contributed by atoms with Gasteiger partial charge in [0, 0.05) is 17.3 Å². The van der Waals surface area contributed by atoms with Crippen LogP contribution in [0.1, 0.15) is 46.2 Å². The maximum Gasteiger partial charge on any atom is 0.0319 e. The quantitative estimate of drug-likeness (QED) is 0.800. The highest BCUT2D eigenvalue weighted by molar-refractivity contribution is 5.56. The van der Waals surface area contributed by atoms with E-state index in [1.807, 2.05) is 0 Å². The molecule has 2 rings (SSSR count). The second-order valence-electron chi connectivity index (χ2n) is 5.86. The molecule has 2 heteroatoms. The molecule has 0 bridgehead atoms. The molecule has 0 amide bonds. The molecule has 2 nitrogen and oxygen atoms in total. The number of hydrogen-bond donors (Lipinski definition) is 2. The van der Waals surface area contributed by atoms with E-state index in [-0.39, 0.29) is 0 Å². The minimum atomic E-state index is 0.344. The summed E-state index contributed by atoms with van der Waals surface area (Å²) in [5.74, 6) is 0.344. The molecule has 0 saturated heterocycles. The van der Waals surface area contributed by atoms with Crippen LogP contribution in [-0.2, 0) is 0 Å². The number of nitrogen functional groups attached to an aromatic ring is 2. The summed E-state index contributed by atoms with van der Waals surface area (Å²) < 4.78 is 0. The summed E-state index contributed by atoms with van der Waals surface area (Å²) in [6.45, 7) is 10.8. The predicted molar refractivity (Wildman–Crippen MR) is 88.2 cm³/mol. The highest BCUT2D eigenvalue weighted by Gasteiger charge is 2.18. The van der Waals surface area contributed by atoms with Gasteiger partial charge in [-0.15, -0.1) is 0 Å². The monoisotopic (exact) mass is 268 g/mol. The fraction of sp³-hybridized carbons (Fsp3) is 0.333. The van der Waals surface area contributed by atoms with E-state index < -0.39 is 0 Å². The zero-order valence-electron chi connectivity index (χ0n) is 13.0. The Morgan fingerprint density at radius 1 is 0.650 bits per heavy atom. The fourth-order valence-corrected chi connectivity index (χ4v) is 3.53. The van der Waals surface area contributed by atoms with E-state index >= 15 is 0 Å². The molecule has 20 heavy (non-hydrogen) atoms. The molecule has 4 N–H and O–H groups in total. The van der Waals surface area contributed by atoms with Gasteiger partial charge in [-0.2, -0.15) is 0 Å². The van der Waals surface area contributed by atoms with E-state index in [9.17, 15) is 0 Å². The molecule has 0 aliphatic heterocycles. The number of anilines is 2. The Bertz CT molecular complexity index is 553. The van der Waals surface area contributed by atoms with E-state index in [1.165, 1.54) is 33.4 Å². The van der Waals surface area contributed by atoms with Crippen LogP contribution in [0.15, 0.2) is 24.3 Å². The highest BCUT2D eigenvalue weighted by atomic mass is 14.5. The van der Waals surface area contributed by atoms with Gasteiger partial charge in [-0.3, -0.25) is 0 Å². The third-order valence-electron chi connectivity index (χ3n) is 4.10. The first-order valence-electron chi connectivity index (χ1n) is 7.04. The van der Waals surface area contributed by atoms with Crippen LogP contribution < -0.4 is 11.5 Å². The van der Waals surface area contributed by atoms with Gasteiger partial charge in [0.1, 0.15) is 0 Å². The van der Waals surface area contributed by atoms with Gasteiger partial charge in [-0.25, -0.2) is 0 Å². The minimum absolute atomic E-state index is 0.344. The lowest BCUT2D eigenvalue weighted by atomic mass is 9.82. The average molecular weight is 268 g/mol. The lowest BCUT2D eigenvalue weighted by Crippen LogP contribution is -2.07. The van der Waals surface area contributed by atoms with E-state index in [0.29, 0.717) is 5.92 Å². The Morgan fingerprint density at radius 2 is 0.900 bits per heavy atom. The Kier molecular flexibility index (Phi) is 3.76. The van der Waals surface area contributed by atoms with Crippen LogP contribution in [-0.4, -0.2) is 0 Å². The van der Waals surface area contributed by atoms with Crippen LogP contribution in [0.4, 0.5) is 11.4 Å². The first kappa shape index (κ1) is 14.4. The van der Waals surface area contributed by atoms with E-state index in [2.05, 4.69) is 58.9 Å². The zero-order valence-corrected chi connectivity index (χ0v) is 13.0. The predicted octanol–water partition coefficient (Wildman–Crippen LogP) is 4.24. The van der Waals surface area contributed by atoms with Gasteiger partial charge < -0.3 is 11.5 Å². The van der Waals surface area contributed by atoms with E-state index in [0.717, 1.165) is 11.4 Å². The summed E-state index contributed by atoms with van der Waals surface area (Å²) in [6, 6.07) is 8.23. The molecular formula is C18H24N2. The van der Waals surface area contributed by atoms with E-state index in [4.69, 9.17) is 11.5 Å². The van der Waals surface area contributed by atoms with Gasteiger partial charge in [0.2, 0.25) is 0 Å². The lowest BCUT2D eigenvalue weighted by Gasteiger charge is -2.23. The lowest BCUT2D eigenvalue weighted by molar-refractivity contribution is 0.877. The van der Waals surface area contributed by atoms with Crippen LogP contribution in [0.3, 0.4) is 0 Å². The number of hydrogen-bond acceptors (Lipinski definition) is 2. The molecule has 0 aliphatic rings. The number of rotatable bonds is 2. The SMILES string of the molecule is Cc1cc(N)cc(C)c1C(C)c1c(C)cc(N)cc1C. The molecule has 0 aliphatic carbocycles. The molecule has 0 fully saturated rings. The third kappa shape index (κ3) is 2.51. The first-order valence-corrected chi connectivity index (χ1v) is 7.04. The van der Waals surface area contributed by atoms with E-state index in [1.54, 1.807) is 0 Å². The Labute approximate surface area is 121 Å². The Morgan fingerprint density at radius 3 is 1.15 bits per heavy atom. The Hall–Kier alpha value is -1.96. The summed E-state index contributed by atoms with van der Waals surface area (Å²) in [4.78, 5) is 0. The zero-order chi connectivity index (χ0) is 15.0. The van der Waals surface area contributed by atoms with Gasteiger partial charge in [0.15, 0.2) is 0 Å². The molecule has 0 heterocycles. The van der Waals surface area contributed by atoms with Crippen LogP contribution >= 0.6 is 0 Å². The topological polar surface area (TPSA) is 52.0 Å². The van der Waals surface area contributed by atoms with Crippen molar-refractivity contribution >= 4 is 11.4 Å². The van der Waals surface area contributed by atoms with Gasteiger partial charge in [0.05, 0.1) is 0 Å². The van der Waals surface area contributed by atoms with Crippen molar-refractivity contribution in [1.82, 2.24) is 0 Å². The standard InChI is InChI=1S/C18H24N2/c1-10-6-15(19)7-11(2)17(10)14(5)18-12(3)8-16(20)9-13(18)4/h6-9,14H,19-20H2,1-5H3. The molecular weight excluding hydrogens is 244 g/mol. The van der Waals surface area contributed by atoms with Crippen molar-refractivity contribution in [3.63, 3.8) is 0 Å². The minimum Gasteiger partial charge on any atom is -0.399 e. The molecule has 0 radical (unpaired) electrons. The van der Waals surface area contributed by atoms with Crippen molar-refractivity contribution in [2.45, 2.75) is 40.5 Å². The largest absolute Gasteiger partial charge is 0.399 e. The van der Waals surface area contributed by atoms with Crippen molar-refractivity contribution in [1.29, 1.82) is 0 Å². The smallest absolute Gasteiger partial charge is 0.0319 e. The van der Waals surface area contributed by atoms with Gasteiger partial charge in [0.25, 0.3) is 0 Å². The second kappa shape index (κ2) is 5.20. The number of nitrogens with two attached hydrogens (primary N) is 2. The van der Waals surface area contributed by atoms with Crippen molar-refractivity contribution in [2.75, 3.05) is 11.5 Å². The fourth-order valence-electron chi connectivity index (χ4n) is 3.53. The molecule has 2 aromatic carbocycles. The molecule has 106 valence electrons. The van der Waals surface area contributed by atoms with Crippen LogP contribution in [0, 0.1) is 27.7 Å². The molecule has 0 atom stereocenters. The summed E-state index contributed by atoms with van der Waals surface area (Å²) in [6.07, 6.45) is 0. The average Bonchev–Trinajstić information content (AvgIpc) is 2.25. The maximum absolute atomic E-state index is 5.93.